The van der Waals surface area contributed by atoms with Crippen molar-refractivity contribution in [1.82, 2.24) is 0 Å². The first-order chi connectivity index (χ1) is 5.15. The SMILES string of the molecule is Br.O=S=S1C=C(O)C=C1C(=O)O. The van der Waals surface area contributed by atoms with Crippen molar-refractivity contribution >= 4 is 42.6 Å². The van der Waals surface area contributed by atoms with Crippen molar-refractivity contribution in [2.75, 3.05) is 0 Å². The van der Waals surface area contributed by atoms with Gasteiger partial charge in [-0.1, -0.05) is 0 Å². The number of hydrogen-bond acceptors (Lipinski definition) is 3. The highest BCUT2D eigenvalue weighted by Gasteiger charge is 2.17. The Morgan fingerprint density at radius 2 is 2.17 bits per heavy atom. The minimum atomic E-state index is -1.16. The van der Waals surface area contributed by atoms with Crippen LogP contribution < -0.4 is 0 Å². The monoisotopic (exact) mass is 272 g/mol. The lowest BCUT2D eigenvalue weighted by atomic mass is 10.4. The second-order valence-electron chi connectivity index (χ2n) is 1.72. The van der Waals surface area contributed by atoms with E-state index in [1.807, 2.05) is 0 Å². The van der Waals surface area contributed by atoms with E-state index >= 15 is 0 Å². The van der Waals surface area contributed by atoms with Crippen LogP contribution in [0.2, 0.25) is 0 Å². The van der Waals surface area contributed by atoms with E-state index in [0.29, 0.717) is 0 Å². The molecule has 0 fully saturated rings. The molecule has 0 spiro atoms. The Kier molecular flexibility index (Phi) is 4.43. The van der Waals surface area contributed by atoms with Crippen molar-refractivity contribution in [3.05, 3.63) is 22.1 Å². The van der Waals surface area contributed by atoms with Gasteiger partial charge in [0.1, 0.15) is 20.9 Å². The lowest BCUT2D eigenvalue weighted by molar-refractivity contribution is -0.131. The molecular formula is C5H5BrO4S2. The van der Waals surface area contributed by atoms with E-state index in [1.54, 1.807) is 0 Å². The van der Waals surface area contributed by atoms with Crippen LogP contribution in [0.5, 0.6) is 0 Å². The third-order valence-corrected chi connectivity index (χ3v) is 3.60. The Labute approximate surface area is 84.0 Å². The van der Waals surface area contributed by atoms with Gasteiger partial charge in [0, 0.05) is 11.5 Å². The molecule has 1 heterocycles. The predicted octanol–water partition coefficient (Wildman–Crippen LogP) is 0.692. The fourth-order valence-electron chi connectivity index (χ4n) is 0.604. The van der Waals surface area contributed by atoms with Gasteiger partial charge in [0.2, 0.25) is 0 Å². The minimum Gasteiger partial charge on any atom is -0.507 e. The third kappa shape index (κ3) is 2.29. The molecule has 1 aliphatic rings. The normalized spacial score (nSPS) is 20.5. The number of carbonyl (C=O) groups is 1. The molecule has 0 amide bonds. The summed E-state index contributed by atoms with van der Waals surface area (Å²) in [5.74, 6) is -1.30. The molecule has 2 N–H and O–H groups in total. The summed E-state index contributed by atoms with van der Waals surface area (Å²) < 4.78 is 10.3. The molecule has 12 heavy (non-hydrogen) atoms. The summed E-state index contributed by atoms with van der Waals surface area (Å²) in [5.41, 5.74) is 0. The number of carboxylic acid groups (broad SMARTS) is 1. The van der Waals surface area contributed by atoms with Crippen LogP contribution >= 0.6 is 17.0 Å². The van der Waals surface area contributed by atoms with Gasteiger partial charge in [-0.3, -0.25) is 0 Å². The topological polar surface area (TPSA) is 74.6 Å². The molecule has 0 saturated carbocycles. The fraction of sp³-hybridized carbons (Fsp3) is 0. The van der Waals surface area contributed by atoms with Crippen LogP contribution in [0.3, 0.4) is 0 Å². The lowest BCUT2D eigenvalue weighted by Gasteiger charge is -1.90. The van der Waals surface area contributed by atoms with Gasteiger partial charge in [0.15, 0.2) is 0 Å². The first-order valence-electron chi connectivity index (χ1n) is 2.54. The quantitative estimate of drug-likeness (QED) is 0.737. The Morgan fingerprint density at radius 1 is 1.58 bits per heavy atom. The molecule has 1 aliphatic heterocycles. The van der Waals surface area contributed by atoms with E-state index in [9.17, 15) is 9.00 Å². The predicted molar refractivity (Wildman–Crippen MR) is 52.3 cm³/mol. The number of carboxylic acids is 1. The molecule has 1 rings (SSSR count). The van der Waals surface area contributed by atoms with Gasteiger partial charge < -0.3 is 10.2 Å². The summed E-state index contributed by atoms with van der Waals surface area (Å²) in [5, 5.41) is 18.5. The van der Waals surface area contributed by atoms with Crippen LogP contribution in [-0.4, -0.2) is 20.4 Å². The number of aliphatic hydroxyl groups excluding tert-OH is 1. The van der Waals surface area contributed by atoms with E-state index in [4.69, 9.17) is 10.2 Å². The summed E-state index contributed by atoms with van der Waals surface area (Å²) in [6.45, 7) is 0. The molecule has 0 aromatic rings. The molecule has 1 atom stereocenters. The van der Waals surface area contributed by atoms with E-state index in [-0.39, 0.29) is 37.9 Å². The largest absolute Gasteiger partial charge is 0.507 e. The average Bonchev–Trinajstić information content (AvgIpc) is 2.30. The standard InChI is InChI=1S/C5H4O4S2.BrH/c6-3-1-4(5(7)8)11(2-3)10-9;/h1-2,6H,(H,7,8);1H. The van der Waals surface area contributed by atoms with Gasteiger partial charge in [-0.15, -0.1) is 17.0 Å². The number of rotatable bonds is 1. The maximum Gasteiger partial charge on any atom is 0.343 e. The van der Waals surface area contributed by atoms with Gasteiger partial charge in [0.25, 0.3) is 0 Å². The summed E-state index contributed by atoms with van der Waals surface area (Å²) >= 11 is 0. The molecule has 0 aliphatic carbocycles. The molecule has 4 nitrogen and oxygen atoms in total. The molecule has 0 bridgehead atoms. The molecule has 0 aromatic heterocycles. The van der Waals surface area contributed by atoms with Gasteiger partial charge >= 0.3 is 5.97 Å². The average molecular weight is 273 g/mol. The van der Waals surface area contributed by atoms with Gasteiger partial charge in [-0.2, -0.15) is 0 Å². The van der Waals surface area contributed by atoms with Crippen LogP contribution in [0.25, 0.3) is 0 Å². The first kappa shape index (κ1) is 11.6. The van der Waals surface area contributed by atoms with Crippen LogP contribution in [0.1, 0.15) is 0 Å². The Balaban J connectivity index is 0.00000121. The Morgan fingerprint density at radius 3 is 2.50 bits per heavy atom. The summed E-state index contributed by atoms with van der Waals surface area (Å²) in [6, 6.07) is 0. The van der Waals surface area contributed by atoms with E-state index in [2.05, 4.69) is 0 Å². The van der Waals surface area contributed by atoms with Gasteiger partial charge in [-0.05, 0) is 9.45 Å². The van der Waals surface area contributed by atoms with Crippen molar-refractivity contribution in [3.63, 3.8) is 0 Å². The van der Waals surface area contributed by atoms with Crippen molar-refractivity contribution in [3.8, 4) is 0 Å². The second kappa shape index (κ2) is 4.58. The van der Waals surface area contributed by atoms with E-state index in [0.717, 1.165) is 6.08 Å². The van der Waals surface area contributed by atoms with Crippen LogP contribution in [-0.2, 0) is 24.5 Å². The van der Waals surface area contributed by atoms with Crippen molar-refractivity contribution in [1.29, 1.82) is 0 Å². The Bertz CT molecular complexity index is 326. The Hall–Kier alpha value is -0.400. The summed E-state index contributed by atoms with van der Waals surface area (Å²) in [4.78, 5) is 10.3. The number of allylic oxidation sites excluding steroid dienone is 1. The number of aliphatic hydroxyl groups is 1. The van der Waals surface area contributed by atoms with E-state index in [1.165, 1.54) is 5.41 Å². The highest BCUT2D eigenvalue weighted by atomic mass is 79.9. The van der Waals surface area contributed by atoms with Crippen molar-refractivity contribution in [2.45, 2.75) is 0 Å². The highest BCUT2D eigenvalue weighted by Crippen LogP contribution is 2.16. The molecule has 0 radical (unpaired) electrons. The zero-order valence-electron chi connectivity index (χ0n) is 5.59. The minimum absolute atomic E-state index is 0. The summed E-state index contributed by atoms with van der Waals surface area (Å²) in [6.07, 6.45) is 1.09. The van der Waals surface area contributed by atoms with Crippen LogP contribution in [0, 0.1) is 0 Å². The molecule has 0 saturated heterocycles. The second-order valence-corrected chi connectivity index (χ2v) is 4.61. The van der Waals surface area contributed by atoms with Gasteiger partial charge in [0.05, 0.1) is 0 Å². The van der Waals surface area contributed by atoms with Crippen molar-refractivity contribution in [2.24, 2.45) is 0 Å². The lowest BCUT2D eigenvalue weighted by Crippen LogP contribution is -2.01. The van der Waals surface area contributed by atoms with Crippen LogP contribution in [0.4, 0.5) is 0 Å². The maximum absolute atomic E-state index is 10.4. The molecule has 68 valence electrons. The zero-order valence-corrected chi connectivity index (χ0v) is 8.94. The number of aliphatic carboxylic acids is 1. The highest BCUT2D eigenvalue weighted by molar-refractivity contribution is 8.93. The molecule has 7 heteroatoms. The molecular weight excluding hydrogens is 268 g/mol. The maximum atomic E-state index is 10.4. The third-order valence-electron chi connectivity index (χ3n) is 1.01. The summed E-state index contributed by atoms with van der Waals surface area (Å²) in [7, 11) is -0.857. The van der Waals surface area contributed by atoms with Gasteiger partial charge in [-0.25, -0.2) is 9.00 Å². The van der Waals surface area contributed by atoms with E-state index < -0.39 is 15.4 Å². The molecule has 1 unspecified atom stereocenters. The van der Waals surface area contributed by atoms with Crippen molar-refractivity contribution < 1.29 is 19.2 Å². The molecule has 0 aromatic carbocycles. The zero-order chi connectivity index (χ0) is 8.43. The first-order valence-corrected chi connectivity index (χ1v) is 5.09. The number of hydrogen-bond donors (Lipinski definition) is 2. The van der Waals surface area contributed by atoms with Crippen LogP contribution in [0.15, 0.2) is 22.1 Å². The number of halogens is 1. The fourth-order valence-corrected chi connectivity index (χ4v) is 2.53. The smallest absolute Gasteiger partial charge is 0.343 e.